The summed E-state index contributed by atoms with van der Waals surface area (Å²) in [6, 6.07) is 11.7. The predicted octanol–water partition coefficient (Wildman–Crippen LogP) is 1.61. The molecule has 0 bridgehead atoms. The van der Waals surface area contributed by atoms with Crippen molar-refractivity contribution < 1.29 is 9.53 Å². The minimum Gasteiger partial charge on any atom is -0.497 e. The van der Waals surface area contributed by atoms with Gasteiger partial charge in [0.1, 0.15) is 5.75 Å². The van der Waals surface area contributed by atoms with E-state index in [2.05, 4.69) is 44.5 Å². The van der Waals surface area contributed by atoms with E-state index >= 15 is 0 Å². The standard InChI is InChI=1S/C22H30N6O2/c1-3-24-22(26-11-10-25-21(29)18-6-5-9-23-17-18)28-14-12-27(13-15-28)19-7-4-8-20(16-19)30-2/h4-9,16-17H,3,10-15H2,1-2H3,(H,24,26)(H,25,29). The number of hydrogen-bond donors (Lipinski definition) is 2. The lowest BCUT2D eigenvalue weighted by molar-refractivity contribution is 0.0954. The number of hydrogen-bond acceptors (Lipinski definition) is 5. The normalized spacial score (nSPS) is 14.4. The van der Waals surface area contributed by atoms with Gasteiger partial charge in [-0.1, -0.05) is 6.07 Å². The van der Waals surface area contributed by atoms with Gasteiger partial charge in [0.05, 0.1) is 19.2 Å². The largest absolute Gasteiger partial charge is 0.497 e. The summed E-state index contributed by atoms with van der Waals surface area (Å²) in [5.74, 6) is 1.63. The van der Waals surface area contributed by atoms with E-state index in [1.54, 1.807) is 31.6 Å². The molecule has 3 rings (SSSR count). The Bertz CT molecular complexity index is 835. The zero-order valence-corrected chi connectivity index (χ0v) is 17.7. The molecule has 2 N–H and O–H groups in total. The van der Waals surface area contributed by atoms with Crippen molar-refractivity contribution in [1.29, 1.82) is 0 Å². The fourth-order valence-electron chi connectivity index (χ4n) is 3.34. The lowest BCUT2D eigenvalue weighted by atomic mass is 10.2. The molecule has 8 nitrogen and oxygen atoms in total. The van der Waals surface area contributed by atoms with Crippen LogP contribution in [0.1, 0.15) is 17.3 Å². The monoisotopic (exact) mass is 410 g/mol. The van der Waals surface area contributed by atoms with Crippen LogP contribution in [0.15, 0.2) is 53.8 Å². The third-order valence-corrected chi connectivity index (χ3v) is 4.92. The Morgan fingerprint density at radius 1 is 1.17 bits per heavy atom. The molecule has 1 amide bonds. The quantitative estimate of drug-likeness (QED) is 0.410. The van der Waals surface area contributed by atoms with Crippen LogP contribution in [-0.2, 0) is 0 Å². The van der Waals surface area contributed by atoms with E-state index in [1.165, 1.54) is 5.69 Å². The van der Waals surface area contributed by atoms with Gasteiger partial charge in [-0.05, 0) is 31.2 Å². The molecular formula is C22H30N6O2. The first-order valence-electron chi connectivity index (χ1n) is 10.3. The second kappa shape index (κ2) is 11.0. The molecule has 1 aromatic carbocycles. The van der Waals surface area contributed by atoms with Gasteiger partial charge in [0.25, 0.3) is 5.91 Å². The Morgan fingerprint density at radius 2 is 2.00 bits per heavy atom. The number of rotatable bonds is 7. The number of amides is 1. The molecule has 0 atom stereocenters. The number of anilines is 1. The van der Waals surface area contributed by atoms with E-state index in [0.717, 1.165) is 44.4 Å². The van der Waals surface area contributed by atoms with E-state index in [4.69, 9.17) is 9.73 Å². The van der Waals surface area contributed by atoms with Gasteiger partial charge in [-0.2, -0.15) is 0 Å². The molecule has 0 saturated carbocycles. The maximum absolute atomic E-state index is 12.1. The van der Waals surface area contributed by atoms with Crippen LogP contribution in [-0.4, -0.2) is 74.7 Å². The second-order valence-electron chi connectivity index (χ2n) is 6.91. The molecule has 8 heteroatoms. The second-order valence-corrected chi connectivity index (χ2v) is 6.91. The van der Waals surface area contributed by atoms with Crippen LogP contribution >= 0.6 is 0 Å². The summed E-state index contributed by atoms with van der Waals surface area (Å²) in [6.07, 6.45) is 3.21. The zero-order valence-electron chi connectivity index (χ0n) is 17.7. The first-order chi connectivity index (χ1) is 14.7. The number of nitrogens with zero attached hydrogens (tertiary/aromatic N) is 4. The molecule has 1 fully saturated rings. The molecular weight excluding hydrogens is 380 g/mol. The molecule has 0 unspecified atom stereocenters. The van der Waals surface area contributed by atoms with Crippen LogP contribution < -0.4 is 20.3 Å². The highest BCUT2D eigenvalue weighted by atomic mass is 16.5. The molecule has 2 heterocycles. The van der Waals surface area contributed by atoms with Crippen molar-refractivity contribution in [2.45, 2.75) is 6.92 Å². The van der Waals surface area contributed by atoms with Crippen LogP contribution in [0, 0.1) is 0 Å². The number of pyridine rings is 1. The van der Waals surface area contributed by atoms with E-state index in [9.17, 15) is 4.79 Å². The average Bonchev–Trinajstić information content (AvgIpc) is 2.81. The molecule has 1 aliphatic heterocycles. The third kappa shape index (κ3) is 5.85. The van der Waals surface area contributed by atoms with E-state index < -0.39 is 0 Å². The highest BCUT2D eigenvalue weighted by Crippen LogP contribution is 2.22. The number of piperazine rings is 1. The van der Waals surface area contributed by atoms with Crippen LogP contribution in [0.25, 0.3) is 0 Å². The maximum Gasteiger partial charge on any atom is 0.252 e. The van der Waals surface area contributed by atoms with Gasteiger partial charge in [0, 0.05) is 63.4 Å². The van der Waals surface area contributed by atoms with Crippen molar-refractivity contribution in [3.05, 3.63) is 54.4 Å². The van der Waals surface area contributed by atoms with Gasteiger partial charge in [-0.25, -0.2) is 0 Å². The van der Waals surface area contributed by atoms with Gasteiger partial charge in [0.15, 0.2) is 5.96 Å². The minimum absolute atomic E-state index is 0.129. The first-order valence-corrected chi connectivity index (χ1v) is 10.3. The number of carbonyl (C=O) groups excluding carboxylic acids is 1. The molecule has 0 aliphatic carbocycles. The summed E-state index contributed by atoms with van der Waals surface area (Å²) >= 11 is 0. The summed E-state index contributed by atoms with van der Waals surface area (Å²) in [4.78, 5) is 25.4. The summed E-state index contributed by atoms with van der Waals surface area (Å²) in [7, 11) is 1.69. The number of nitrogens with one attached hydrogen (secondary N) is 2. The number of methoxy groups -OCH3 is 1. The number of carbonyl (C=O) groups is 1. The Labute approximate surface area is 178 Å². The lowest BCUT2D eigenvalue weighted by Gasteiger charge is -2.37. The van der Waals surface area contributed by atoms with Gasteiger partial charge in [0.2, 0.25) is 0 Å². The minimum atomic E-state index is -0.129. The molecule has 0 spiro atoms. The summed E-state index contributed by atoms with van der Waals surface area (Å²) in [6.45, 7) is 7.45. The van der Waals surface area contributed by atoms with Crippen molar-refractivity contribution in [1.82, 2.24) is 20.5 Å². The Kier molecular flexibility index (Phi) is 7.88. The van der Waals surface area contributed by atoms with E-state index in [-0.39, 0.29) is 5.91 Å². The first kappa shape index (κ1) is 21.4. The van der Waals surface area contributed by atoms with Gasteiger partial charge in [-0.15, -0.1) is 0 Å². The van der Waals surface area contributed by atoms with Crippen LogP contribution in [0.4, 0.5) is 5.69 Å². The SMILES string of the molecule is CCNC(=NCCNC(=O)c1cccnc1)N1CCN(c2cccc(OC)c2)CC1. The van der Waals surface area contributed by atoms with Crippen LogP contribution in [0.3, 0.4) is 0 Å². The number of guanidine groups is 1. The Hall–Kier alpha value is -3.29. The number of benzene rings is 1. The van der Waals surface area contributed by atoms with Crippen LogP contribution in [0.5, 0.6) is 5.75 Å². The summed E-state index contributed by atoms with van der Waals surface area (Å²) in [5, 5.41) is 6.25. The summed E-state index contributed by atoms with van der Waals surface area (Å²) in [5.41, 5.74) is 1.73. The van der Waals surface area contributed by atoms with Crippen molar-refractivity contribution in [3.8, 4) is 5.75 Å². The Balaban J connectivity index is 1.50. The van der Waals surface area contributed by atoms with Crippen molar-refractivity contribution in [3.63, 3.8) is 0 Å². The molecule has 1 aromatic heterocycles. The highest BCUT2D eigenvalue weighted by Gasteiger charge is 2.20. The van der Waals surface area contributed by atoms with Crippen LogP contribution in [0.2, 0.25) is 0 Å². The van der Waals surface area contributed by atoms with Gasteiger partial charge < -0.3 is 25.2 Å². The smallest absolute Gasteiger partial charge is 0.252 e. The van der Waals surface area contributed by atoms with Crippen molar-refractivity contribution in [2.75, 3.05) is 57.8 Å². The third-order valence-electron chi connectivity index (χ3n) is 4.92. The molecule has 160 valence electrons. The van der Waals surface area contributed by atoms with Crippen molar-refractivity contribution >= 4 is 17.6 Å². The van der Waals surface area contributed by atoms with Crippen molar-refractivity contribution in [2.24, 2.45) is 4.99 Å². The molecule has 30 heavy (non-hydrogen) atoms. The predicted molar refractivity (Wildman–Crippen MR) is 119 cm³/mol. The average molecular weight is 411 g/mol. The van der Waals surface area contributed by atoms with E-state index in [1.807, 2.05) is 12.1 Å². The van der Waals surface area contributed by atoms with Gasteiger partial charge >= 0.3 is 0 Å². The maximum atomic E-state index is 12.1. The number of aliphatic imine (C=N–C) groups is 1. The molecule has 0 radical (unpaired) electrons. The molecule has 1 saturated heterocycles. The molecule has 1 aliphatic rings. The lowest BCUT2D eigenvalue weighted by Crippen LogP contribution is -2.52. The highest BCUT2D eigenvalue weighted by molar-refractivity contribution is 5.93. The molecule has 2 aromatic rings. The fourth-order valence-corrected chi connectivity index (χ4v) is 3.34. The number of ether oxygens (including phenoxy) is 1. The summed E-state index contributed by atoms with van der Waals surface area (Å²) < 4.78 is 5.34. The topological polar surface area (TPSA) is 82.1 Å². The number of aromatic nitrogens is 1. The van der Waals surface area contributed by atoms with E-state index in [0.29, 0.717) is 18.7 Å². The van der Waals surface area contributed by atoms with Gasteiger partial charge in [-0.3, -0.25) is 14.8 Å². The zero-order chi connectivity index (χ0) is 21.2. The Morgan fingerprint density at radius 3 is 2.70 bits per heavy atom. The fraction of sp³-hybridized carbons (Fsp3) is 0.409.